The number of aryl methyl sites for hydroxylation is 2. The van der Waals surface area contributed by atoms with E-state index in [2.05, 4.69) is 10.5 Å². The third-order valence-electron chi connectivity index (χ3n) is 5.22. The van der Waals surface area contributed by atoms with Crippen molar-refractivity contribution < 1.29 is 33.3 Å². The van der Waals surface area contributed by atoms with Gasteiger partial charge in [0.15, 0.2) is 18.1 Å². The van der Waals surface area contributed by atoms with Crippen molar-refractivity contribution in [3.63, 3.8) is 0 Å². The predicted molar refractivity (Wildman–Crippen MR) is 135 cm³/mol. The summed E-state index contributed by atoms with van der Waals surface area (Å²) in [4.78, 5) is 24.7. The number of methoxy groups -OCH3 is 3. The number of nitrogens with zero attached hydrogens (tertiary/aromatic N) is 1. The highest BCUT2D eigenvalue weighted by Crippen LogP contribution is 2.38. The number of benzene rings is 3. The van der Waals surface area contributed by atoms with Crippen LogP contribution in [0, 0.1) is 13.8 Å². The molecule has 0 unspecified atom stereocenters. The molecular weight excluding hydrogens is 464 g/mol. The van der Waals surface area contributed by atoms with Gasteiger partial charge in [0.25, 0.3) is 5.91 Å². The Morgan fingerprint density at radius 3 is 2.22 bits per heavy atom. The summed E-state index contributed by atoms with van der Waals surface area (Å²) in [5.41, 5.74) is 5.47. The molecule has 3 aromatic rings. The van der Waals surface area contributed by atoms with Gasteiger partial charge < -0.3 is 23.7 Å². The molecule has 0 radical (unpaired) electrons. The SMILES string of the molecule is COc1cc(C(=O)Oc2cccc(/C=N/NC(=O)COc3ccc(C)c(C)c3)c2)cc(OC)c1OC. The van der Waals surface area contributed by atoms with Crippen LogP contribution < -0.4 is 29.1 Å². The van der Waals surface area contributed by atoms with Gasteiger partial charge in [0, 0.05) is 0 Å². The van der Waals surface area contributed by atoms with E-state index >= 15 is 0 Å². The molecule has 0 spiro atoms. The number of carbonyl (C=O) groups excluding carboxylic acids is 2. The first-order valence-electron chi connectivity index (χ1n) is 11.0. The van der Waals surface area contributed by atoms with Crippen molar-refractivity contribution in [3.8, 4) is 28.7 Å². The van der Waals surface area contributed by atoms with Crippen LogP contribution in [0.4, 0.5) is 0 Å². The summed E-state index contributed by atoms with van der Waals surface area (Å²) in [5.74, 6) is 0.926. The van der Waals surface area contributed by atoms with Gasteiger partial charge in [-0.3, -0.25) is 4.79 Å². The maximum absolute atomic E-state index is 12.7. The second-order valence-electron chi connectivity index (χ2n) is 7.70. The normalized spacial score (nSPS) is 10.6. The smallest absolute Gasteiger partial charge is 0.343 e. The quantitative estimate of drug-likeness (QED) is 0.197. The molecule has 36 heavy (non-hydrogen) atoms. The number of nitrogens with one attached hydrogen (secondary N) is 1. The summed E-state index contributed by atoms with van der Waals surface area (Å²) in [7, 11) is 4.40. The van der Waals surface area contributed by atoms with E-state index < -0.39 is 11.9 Å². The van der Waals surface area contributed by atoms with Crippen LogP contribution in [0.2, 0.25) is 0 Å². The van der Waals surface area contributed by atoms with E-state index in [0.717, 1.165) is 11.1 Å². The number of hydrogen-bond acceptors (Lipinski definition) is 8. The van der Waals surface area contributed by atoms with E-state index in [9.17, 15) is 9.59 Å². The van der Waals surface area contributed by atoms with Crippen molar-refractivity contribution in [1.29, 1.82) is 0 Å². The number of hydrazone groups is 1. The molecule has 1 amide bonds. The summed E-state index contributed by atoms with van der Waals surface area (Å²) in [5, 5.41) is 3.94. The minimum atomic E-state index is -0.611. The molecule has 3 rings (SSSR count). The van der Waals surface area contributed by atoms with Crippen LogP contribution >= 0.6 is 0 Å². The van der Waals surface area contributed by atoms with E-state index in [-0.39, 0.29) is 12.2 Å². The van der Waals surface area contributed by atoms with Crippen LogP contribution in [0.15, 0.2) is 59.7 Å². The molecule has 0 saturated carbocycles. The van der Waals surface area contributed by atoms with Gasteiger partial charge in [-0.25, -0.2) is 10.2 Å². The van der Waals surface area contributed by atoms with Crippen molar-refractivity contribution in [2.75, 3.05) is 27.9 Å². The first kappa shape index (κ1) is 26.1. The van der Waals surface area contributed by atoms with Crippen molar-refractivity contribution in [1.82, 2.24) is 5.43 Å². The van der Waals surface area contributed by atoms with Gasteiger partial charge >= 0.3 is 5.97 Å². The minimum Gasteiger partial charge on any atom is -0.493 e. The van der Waals surface area contributed by atoms with Crippen LogP contribution in [0.25, 0.3) is 0 Å². The Morgan fingerprint density at radius 2 is 1.58 bits per heavy atom. The summed E-state index contributed by atoms with van der Waals surface area (Å²) in [6.07, 6.45) is 1.44. The Hall–Kier alpha value is -4.53. The lowest BCUT2D eigenvalue weighted by atomic mass is 10.1. The van der Waals surface area contributed by atoms with E-state index in [1.54, 1.807) is 24.3 Å². The number of amides is 1. The number of esters is 1. The number of carbonyl (C=O) groups is 2. The highest BCUT2D eigenvalue weighted by atomic mass is 16.5. The first-order valence-corrected chi connectivity index (χ1v) is 11.0. The zero-order chi connectivity index (χ0) is 26.1. The summed E-state index contributed by atoms with van der Waals surface area (Å²) >= 11 is 0. The van der Waals surface area contributed by atoms with Crippen LogP contribution in [-0.2, 0) is 4.79 Å². The van der Waals surface area contributed by atoms with Crippen LogP contribution in [0.1, 0.15) is 27.0 Å². The minimum absolute atomic E-state index is 0.174. The Balaban J connectivity index is 1.59. The van der Waals surface area contributed by atoms with E-state index in [1.807, 2.05) is 32.0 Å². The lowest BCUT2D eigenvalue weighted by Crippen LogP contribution is -2.24. The zero-order valence-electron chi connectivity index (χ0n) is 20.8. The Morgan fingerprint density at radius 1 is 0.861 bits per heavy atom. The van der Waals surface area contributed by atoms with Gasteiger partial charge in [-0.1, -0.05) is 18.2 Å². The molecule has 0 saturated heterocycles. The zero-order valence-corrected chi connectivity index (χ0v) is 20.8. The molecule has 0 aromatic heterocycles. The fourth-order valence-corrected chi connectivity index (χ4v) is 3.19. The second kappa shape index (κ2) is 12.3. The number of rotatable bonds is 10. The van der Waals surface area contributed by atoms with Crippen molar-refractivity contribution in [2.45, 2.75) is 13.8 Å². The molecule has 0 heterocycles. The predicted octanol–water partition coefficient (Wildman–Crippen LogP) is 4.08. The Labute approximate surface area is 209 Å². The average Bonchev–Trinajstić information content (AvgIpc) is 2.88. The van der Waals surface area contributed by atoms with E-state index in [1.165, 1.54) is 39.7 Å². The fourth-order valence-electron chi connectivity index (χ4n) is 3.19. The molecule has 3 aromatic carbocycles. The second-order valence-corrected chi connectivity index (χ2v) is 7.70. The topological polar surface area (TPSA) is 105 Å². The highest BCUT2D eigenvalue weighted by molar-refractivity contribution is 5.93. The summed E-state index contributed by atoms with van der Waals surface area (Å²) < 4.78 is 26.8. The maximum atomic E-state index is 12.7. The van der Waals surface area contributed by atoms with Crippen molar-refractivity contribution >= 4 is 18.1 Å². The molecule has 9 heteroatoms. The molecule has 0 aliphatic carbocycles. The molecule has 0 aliphatic rings. The van der Waals surface area contributed by atoms with Gasteiger partial charge in [0.2, 0.25) is 5.75 Å². The third-order valence-corrected chi connectivity index (χ3v) is 5.22. The molecule has 0 bridgehead atoms. The summed E-state index contributed by atoms with van der Waals surface area (Å²) in [6.45, 7) is 3.80. The Kier molecular flexibility index (Phi) is 8.88. The molecule has 0 fully saturated rings. The van der Waals surface area contributed by atoms with Gasteiger partial charge in [-0.05, 0) is 66.9 Å². The van der Waals surface area contributed by atoms with Crippen LogP contribution in [0.3, 0.4) is 0 Å². The molecule has 188 valence electrons. The van der Waals surface area contributed by atoms with Gasteiger partial charge in [0.05, 0.1) is 33.1 Å². The van der Waals surface area contributed by atoms with Crippen LogP contribution in [0.5, 0.6) is 28.7 Å². The number of hydrogen-bond donors (Lipinski definition) is 1. The average molecular weight is 493 g/mol. The molecule has 0 aliphatic heterocycles. The van der Waals surface area contributed by atoms with Gasteiger partial charge in [-0.15, -0.1) is 0 Å². The molecule has 0 atom stereocenters. The lowest BCUT2D eigenvalue weighted by molar-refractivity contribution is -0.123. The largest absolute Gasteiger partial charge is 0.493 e. The van der Waals surface area contributed by atoms with Gasteiger partial charge in [-0.2, -0.15) is 5.10 Å². The molecule has 9 nitrogen and oxygen atoms in total. The molecule has 1 N–H and O–H groups in total. The van der Waals surface area contributed by atoms with E-state index in [0.29, 0.717) is 34.3 Å². The monoisotopic (exact) mass is 492 g/mol. The van der Waals surface area contributed by atoms with Crippen molar-refractivity contribution in [3.05, 3.63) is 76.9 Å². The molecular formula is C27H28N2O7. The number of ether oxygens (including phenoxy) is 5. The van der Waals surface area contributed by atoms with Gasteiger partial charge in [0.1, 0.15) is 11.5 Å². The summed E-state index contributed by atoms with van der Waals surface area (Å²) in [6, 6.07) is 15.3. The lowest BCUT2D eigenvalue weighted by Gasteiger charge is -2.13. The first-order chi connectivity index (χ1) is 17.3. The standard InChI is InChI=1S/C27H28N2O7/c1-17-9-10-21(11-18(17)2)35-16-25(30)29-28-15-19-7-6-8-22(12-19)36-27(31)20-13-23(32-3)26(34-5)24(14-20)33-4/h6-15H,16H2,1-5H3,(H,29,30)/b28-15+. The van der Waals surface area contributed by atoms with E-state index in [4.69, 9.17) is 23.7 Å². The maximum Gasteiger partial charge on any atom is 0.343 e. The van der Waals surface area contributed by atoms with Crippen molar-refractivity contribution in [2.24, 2.45) is 5.10 Å². The third kappa shape index (κ3) is 6.75. The fraction of sp³-hybridized carbons (Fsp3) is 0.222. The highest BCUT2D eigenvalue weighted by Gasteiger charge is 2.18. The van der Waals surface area contributed by atoms with Crippen LogP contribution in [-0.4, -0.2) is 46.0 Å². The Bertz CT molecular complexity index is 1250.